The molecule has 1 aliphatic rings. The van der Waals surface area contributed by atoms with E-state index in [2.05, 4.69) is 24.1 Å². The molecule has 1 heterocycles. The van der Waals surface area contributed by atoms with Crippen LogP contribution < -0.4 is 10.6 Å². The van der Waals surface area contributed by atoms with Crippen LogP contribution in [0.15, 0.2) is 6.20 Å². The second-order valence-corrected chi connectivity index (χ2v) is 5.21. The quantitative estimate of drug-likeness (QED) is 0.740. The fourth-order valence-corrected chi connectivity index (χ4v) is 2.13. The number of aromatic nitrogens is 1. The van der Waals surface area contributed by atoms with E-state index in [-0.39, 0.29) is 0 Å². The Morgan fingerprint density at radius 3 is 2.93 bits per heavy atom. The first-order valence-electron chi connectivity index (χ1n) is 5.56. The predicted octanol–water partition coefficient (Wildman–Crippen LogP) is 0.929. The zero-order chi connectivity index (χ0) is 11.1. The van der Waals surface area contributed by atoms with Crippen molar-refractivity contribution in [1.29, 1.82) is 0 Å². The van der Waals surface area contributed by atoms with E-state index < -0.39 is 5.60 Å². The van der Waals surface area contributed by atoms with Gasteiger partial charge in [-0.3, -0.25) is 0 Å². The zero-order valence-corrected chi connectivity index (χ0v) is 9.67. The summed E-state index contributed by atoms with van der Waals surface area (Å²) in [6.45, 7) is 5.92. The van der Waals surface area contributed by atoms with Crippen molar-refractivity contribution in [3.8, 4) is 0 Å². The molecule has 1 unspecified atom stereocenters. The Kier molecular flexibility index (Phi) is 2.47. The molecule has 1 aromatic heterocycles. The van der Waals surface area contributed by atoms with E-state index in [4.69, 9.17) is 0 Å². The van der Waals surface area contributed by atoms with Crippen molar-refractivity contribution in [2.75, 3.05) is 0 Å². The van der Waals surface area contributed by atoms with E-state index in [0.29, 0.717) is 12.3 Å². The minimum atomic E-state index is -0.634. The van der Waals surface area contributed by atoms with E-state index in [1.54, 1.807) is 0 Å². The van der Waals surface area contributed by atoms with Crippen molar-refractivity contribution >= 4 is 12.2 Å². The minimum Gasteiger partial charge on any atom is -0.390 e. The first kappa shape index (κ1) is 10.5. The molecule has 0 saturated carbocycles. The van der Waals surface area contributed by atoms with Crippen LogP contribution in [0.2, 0.25) is 0 Å². The van der Waals surface area contributed by atoms with Crippen LogP contribution in [0.1, 0.15) is 32.8 Å². The highest BCUT2D eigenvalue weighted by Gasteiger charge is 2.16. The first-order valence-corrected chi connectivity index (χ1v) is 5.56. The molecular weight excluding hydrogens is 186 g/mol. The molecule has 1 aromatic rings. The third-order valence-electron chi connectivity index (χ3n) is 2.81. The lowest BCUT2D eigenvalue weighted by Crippen LogP contribution is -2.32. The Balaban J connectivity index is 2.44. The normalized spacial score (nSPS) is 20.4. The standard InChI is InChI=1S/C13H19NO/c1-9-4-5-12-11(6-9)10(8-14-12)7-13(2,3)15/h5-6,8-9,14-15H,4,7H2,1-3H3. The van der Waals surface area contributed by atoms with Crippen molar-refractivity contribution in [3.63, 3.8) is 0 Å². The van der Waals surface area contributed by atoms with Crippen LogP contribution in [0.4, 0.5) is 0 Å². The van der Waals surface area contributed by atoms with Crippen molar-refractivity contribution < 1.29 is 5.11 Å². The van der Waals surface area contributed by atoms with Crippen LogP contribution >= 0.6 is 0 Å². The molecule has 82 valence electrons. The summed E-state index contributed by atoms with van der Waals surface area (Å²) in [5.41, 5.74) is 0.588. The summed E-state index contributed by atoms with van der Waals surface area (Å²) in [5, 5.41) is 12.3. The molecule has 15 heavy (non-hydrogen) atoms. The van der Waals surface area contributed by atoms with E-state index >= 15 is 0 Å². The number of rotatable bonds is 2. The fraction of sp³-hybridized carbons (Fsp3) is 0.538. The van der Waals surface area contributed by atoms with E-state index in [1.807, 2.05) is 20.0 Å². The van der Waals surface area contributed by atoms with Crippen molar-refractivity contribution in [1.82, 2.24) is 4.98 Å². The van der Waals surface area contributed by atoms with Gasteiger partial charge in [-0.05, 0) is 37.0 Å². The van der Waals surface area contributed by atoms with Crippen LogP contribution in [0.5, 0.6) is 0 Å². The van der Waals surface area contributed by atoms with Gasteiger partial charge in [-0.15, -0.1) is 0 Å². The summed E-state index contributed by atoms with van der Waals surface area (Å²) >= 11 is 0. The van der Waals surface area contributed by atoms with E-state index in [1.165, 1.54) is 16.1 Å². The molecule has 2 heteroatoms. The topological polar surface area (TPSA) is 36.0 Å². The molecule has 0 bridgehead atoms. The Hall–Kier alpha value is -1.02. The molecule has 2 N–H and O–H groups in total. The SMILES string of the molecule is CC1C=c2c(CC(C)(C)O)c[nH]c2=CC1. The summed E-state index contributed by atoms with van der Waals surface area (Å²) in [6, 6.07) is 0. The smallest absolute Gasteiger partial charge is 0.0632 e. The number of hydrogen-bond acceptors (Lipinski definition) is 1. The number of H-pyrrole nitrogens is 1. The van der Waals surface area contributed by atoms with E-state index in [9.17, 15) is 5.11 Å². The highest BCUT2D eigenvalue weighted by molar-refractivity contribution is 5.41. The largest absolute Gasteiger partial charge is 0.390 e. The minimum absolute atomic E-state index is 0.605. The summed E-state index contributed by atoms with van der Waals surface area (Å²) in [5.74, 6) is 0.605. The van der Waals surface area contributed by atoms with Crippen LogP contribution in [-0.2, 0) is 6.42 Å². The van der Waals surface area contributed by atoms with Crippen LogP contribution in [0.25, 0.3) is 12.2 Å². The number of aromatic amines is 1. The molecule has 2 rings (SSSR count). The fourth-order valence-electron chi connectivity index (χ4n) is 2.13. The maximum absolute atomic E-state index is 9.82. The molecule has 0 amide bonds. The maximum Gasteiger partial charge on any atom is 0.0632 e. The van der Waals surface area contributed by atoms with E-state index in [0.717, 1.165) is 6.42 Å². The van der Waals surface area contributed by atoms with Gasteiger partial charge in [0.1, 0.15) is 0 Å². The van der Waals surface area contributed by atoms with Gasteiger partial charge < -0.3 is 10.1 Å². The van der Waals surface area contributed by atoms with Crippen LogP contribution in [0.3, 0.4) is 0 Å². The molecule has 0 radical (unpaired) electrons. The van der Waals surface area contributed by atoms with Crippen molar-refractivity contribution in [2.45, 2.75) is 39.2 Å². The number of aliphatic hydroxyl groups is 1. The lowest BCUT2D eigenvalue weighted by Gasteiger charge is -2.16. The maximum atomic E-state index is 9.82. The lowest BCUT2D eigenvalue weighted by atomic mass is 9.96. The van der Waals surface area contributed by atoms with Crippen molar-refractivity contribution in [3.05, 3.63) is 22.3 Å². The highest BCUT2D eigenvalue weighted by Crippen LogP contribution is 2.11. The van der Waals surface area contributed by atoms with Gasteiger partial charge in [0, 0.05) is 18.0 Å². The van der Waals surface area contributed by atoms with Crippen LogP contribution in [-0.4, -0.2) is 15.7 Å². The van der Waals surface area contributed by atoms with Gasteiger partial charge in [0.15, 0.2) is 0 Å². The molecule has 2 nitrogen and oxygen atoms in total. The summed E-state index contributed by atoms with van der Waals surface area (Å²) in [6.07, 6.45) is 8.37. The molecule has 0 aromatic carbocycles. The molecule has 1 aliphatic carbocycles. The summed E-state index contributed by atoms with van der Waals surface area (Å²) in [7, 11) is 0. The zero-order valence-electron chi connectivity index (χ0n) is 9.67. The van der Waals surface area contributed by atoms with Gasteiger partial charge in [0.05, 0.1) is 5.60 Å². The van der Waals surface area contributed by atoms with Gasteiger partial charge in [-0.1, -0.05) is 19.1 Å². The predicted molar refractivity (Wildman–Crippen MR) is 62.8 cm³/mol. The van der Waals surface area contributed by atoms with Gasteiger partial charge in [-0.2, -0.15) is 0 Å². The number of hydrogen-bond donors (Lipinski definition) is 2. The first-order chi connectivity index (χ1) is 6.96. The number of nitrogens with one attached hydrogen (secondary N) is 1. The van der Waals surface area contributed by atoms with Gasteiger partial charge in [-0.25, -0.2) is 0 Å². The Bertz CT molecular complexity index is 462. The lowest BCUT2D eigenvalue weighted by molar-refractivity contribution is 0.0808. The van der Waals surface area contributed by atoms with Gasteiger partial charge >= 0.3 is 0 Å². The Morgan fingerprint density at radius 2 is 2.27 bits per heavy atom. The van der Waals surface area contributed by atoms with Crippen LogP contribution in [0, 0.1) is 5.92 Å². The Labute approximate surface area is 90.3 Å². The Morgan fingerprint density at radius 1 is 1.53 bits per heavy atom. The third kappa shape index (κ3) is 2.32. The molecule has 0 spiro atoms. The summed E-state index contributed by atoms with van der Waals surface area (Å²) < 4.78 is 0. The van der Waals surface area contributed by atoms with Gasteiger partial charge in [0.2, 0.25) is 0 Å². The van der Waals surface area contributed by atoms with Crippen molar-refractivity contribution in [2.24, 2.45) is 5.92 Å². The average molecular weight is 205 g/mol. The molecule has 0 aliphatic heterocycles. The second kappa shape index (κ2) is 3.53. The highest BCUT2D eigenvalue weighted by atomic mass is 16.3. The average Bonchev–Trinajstić information content (AvgIpc) is 2.46. The molecule has 0 saturated heterocycles. The molecule has 1 atom stereocenters. The monoisotopic (exact) mass is 205 g/mol. The second-order valence-electron chi connectivity index (χ2n) is 5.21. The summed E-state index contributed by atoms with van der Waals surface area (Å²) in [4.78, 5) is 3.27. The van der Waals surface area contributed by atoms with Gasteiger partial charge in [0.25, 0.3) is 0 Å². The molecule has 0 fully saturated rings. The third-order valence-corrected chi connectivity index (χ3v) is 2.81. The molecular formula is C13H19NO. The number of fused-ring (bicyclic) bond motifs is 1.